The van der Waals surface area contributed by atoms with E-state index in [-0.39, 0.29) is 6.10 Å². The molecular formula is C10H25N3O. The Labute approximate surface area is 87.5 Å². The normalized spacial score (nSPS) is 13.5. The summed E-state index contributed by atoms with van der Waals surface area (Å²) in [5, 5.41) is 12.2. The Bertz CT molecular complexity index is 114. The van der Waals surface area contributed by atoms with Gasteiger partial charge in [0.15, 0.2) is 0 Å². The number of aliphatic hydroxyl groups excluding tert-OH is 1. The van der Waals surface area contributed by atoms with E-state index in [1.807, 2.05) is 0 Å². The van der Waals surface area contributed by atoms with Gasteiger partial charge in [0.25, 0.3) is 0 Å². The zero-order valence-corrected chi connectivity index (χ0v) is 9.50. The van der Waals surface area contributed by atoms with Gasteiger partial charge in [0.05, 0.1) is 6.10 Å². The Morgan fingerprint density at radius 3 is 2.57 bits per heavy atom. The average Bonchev–Trinajstić information content (AvgIpc) is 2.12. The van der Waals surface area contributed by atoms with Gasteiger partial charge in [0.1, 0.15) is 0 Å². The molecular weight excluding hydrogens is 178 g/mol. The third-order valence-electron chi connectivity index (χ3n) is 2.03. The fourth-order valence-corrected chi connectivity index (χ4v) is 1.38. The maximum absolute atomic E-state index is 9.03. The van der Waals surface area contributed by atoms with Crippen LogP contribution >= 0.6 is 0 Å². The predicted octanol–water partition coefficient (Wildman–Crippen LogP) is -0.372. The molecule has 0 amide bonds. The van der Waals surface area contributed by atoms with Crippen molar-refractivity contribution in [2.45, 2.75) is 26.4 Å². The molecule has 86 valence electrons. The molecule has 1 atom stereocenters. The number of nitrogens with two attached hydrogens (primary N) is 1. The van der Waals surface area contributed by atoms with Crippen LogP contribution in [0.25, 0.3) is 0 Å². The standard InChI is InChI=1S/C10H25N3O/c1-3-6-13(7-4-11)8-5-12-9-10(2)14/h10,12,14H,3-9,11H2,1-2H3. The zero-order chi connectivity index (χ0) is 10.8. The summed E-state index contributed by atoms with van der Waals surface area (Å²) in [5.41, 5.74) is 5.51. The summed E-state index contributed by atoms with van der Waals surface area (Å²) in [5.74, 6) is 0. The summed E-state index contributed by atoms with van der Waals surface area (Å²) in [6.45, 7) is 9.35. The molecule has 0 aliphatic rings. The molecule has 0 bridgehead atoms. The number of nitrogens with one attached hydrogen (secondary N) is 1. The molecule has 0 aliphatic carbocycles. The molecule has 4 heteroatoms. The van der Waals surface area contributed by atoms with Gasteiger partial charge < -0.3 is 21.1 Å². The van der Waals surface area contributed by atoms with Crippen molar-refractivity contribution in [3.05, 3.63) is 0 Å². The summed E-state index contributed by atoms with van der Waals surface area (Å²) in [4.78, 5) is 2.34. The van der Waals surface area contributed by atoms with Gasteiger partial charge in [-0.05, 0) is 19.9 Å². The molecule has 0 spiro atoms. The second-order valence-corrected chi connectivity index (χ2v) is 3.68. The quantitative estimate of drug-likeness (QED) is 0.447. The van der Waals surface area contributed by atoms with Crippen LogP contribution < -0.4 is 11.1 Å². The maximum Gasteiger partial charge on any atom is 0.0636 e. The van der Waals surface area contributed by atoms with E-state index in [1.165, 1.54) is 0 Å². The number of rotatable bonds is 9. The summed E-state index contributed by atoms with van der Waals surface area (Å²) >= 11 is 0. The lowest BCUT2D eigenvalue weighted by molar-refractivity contribution is 0.188. The molecule has 0 saturated heterocycles. The number of hydrogen-bond acceptors (Lipinski definition) is 4. The fraction of sp³-hybridized carbons (Fsp3) is 1.00. The first-order valence-corrected chi connectivity index (χ1v) is 5.51. The van der Waals surface area contributed by atoms with Crippen molar-refractivity contribution < 1.29 is 5.11 Å². The van der Waals surface area contributed by atoms with Crippen molar-refractivity contribution in [2.75, 3.05) is 39.3 Å². The highest BCUT2D eigenvalue weighted by atomic mass is 16.3. The van der Waals surface area contributed by atoms with Crippen LogP contribution in [0.3, 0.4) is 0 Å². The zero-order valence-electron chi connectivity index (χ0n) is 9.50. The maximum atomic E-state index is 9.03. The van der Waals surface area contributed by atoms with Crippen LogP contribution in [-0.2, 0) is 0 Å². The highest BCUT2D eigenvalue weighted by Gasteiger charge is 2.01. The van der Waals surface area contributed by atoms with Crippen LogP contribution in [0.5, 0.6) is 0 Å². The third-order valence-corrected chi connectivity index (χ3v) is 2.03. The molecule has 4 nitrogen and oxygen atoms in total. The van der Waals surface area contributed by atoms with E-state index >= 15 is 0 Å². The molecule has 0 heterocycles. The first-order chi connectivity index (χ1) is 6.70. The number of hydrogen-bond donors (Lipinski definition) is 3. The van der Waals surface area contributed by atoms with E-state index < -0.39 is 0 Å². The van der Waals surface area contributed by atoms with E-state index in [0.29, 0.717) is 6.54 Å². The van der Waals surface area contributed by atoms with Crippen molar-refractivity contribution in [3.8, 4) is 0 Å². The van der Waals surface area contributed by atoms with E-state index in [4.69, 9.17) is 10.8 Å². The molecule has 0 fully saturated rings. The topological polar surface area (TPSA) is 61.5 Å². The molecule has 1 unspecified atom stereocenters. The van der Waals surface area contributed by atoms with Gasteiger partial charge in [-0.15, -0.1) is 0 Å². The minimum atomic E-state index is -0.260. The van der Waals surface area contributed by atoms with Gasteiger partial charge in [-0.25, -0.2) is 0 Å². The summed E-state index contributed by atoms with van der Waals surface area (Å²) in [7, 11) is 0. The second-order valence-electron chi connectivity index (χ2n) is 3.68. The number of nitrogens with zero attached hydrogens (tertiary/aromatic N) is 1. The monoisotopic (exact) mass is 203 g/mol. The van der Waals surface area contributed by atoms with Gasteiger partial charge in [0.2, 0.25) is 0 Å². The van der Waals surface area contributed by atoms with E-state index in [9.17, 15) is 0 Å². The van der Waals surface area contributed by atoms with Crippen molar-refractivity contribution in [2.24, 2.45) is 5.73 Å². The molecule has 0 rings (SSSR count). The summed E-state index contributed by atoms with van der Waals surface area (Å²) in [6, 6.07) is 0. The largest absolute Gasteiger partial charge is 0.392 e. The van der Waals surface area contributed by atoms with Crippen molar-refractivity contribution in [1.29, 1.82) is 0 Å². The minimum absolute atomic E-state index is 0.260. The highest BCUT2D eigenvalue weighted by molar-refractivity contribution is 4.60. The van der Waals surface area contributed by atoms with Crippen LogP contribution in [0.1, 0.15) is 20.3 Å². The molecule has 14 heavy (non-hydrogen) atoms. The molecule has 0 aromatic heterocycles. The molecule has 0 aromatic rings. The van der Waals surface area contributed by atoms with Crippen molar-refractivity contribution >= 4 is 0 Å². The van der Waals surface area contributed by atoms with E-state index in [2.05, 4.69) is 17.1 Å². The lowest BCUT2D eigenvalue weighted by Gasteiger charge is -2.21. The van der Waals surface area contributed by atoms with Gasteiger partial charge in [0, 0.05) is 32.7 Å². The van der Waals surface area contributed by atoms with E-state index in [0.717, 1.165) is 39.1 Å². The lowest BCUT2D eigenvalue weighted by Crippen LogP contribution is -2.37. The molecule has 0 aromatic carbocycles. The Morgan fingerprint density at radius 2 is 2.07 bits per heavy atom. The Balaban J connectivity index is 3.40. The first kappa shape index (κ1) is 13.8. The van der Waals surface area contributed by atoms with Gasteiger partial charge in [-0.1, -0.05) is 6.92 Å². The van der Waals surface area contributed by atoms with Gasteiger partial charge >= 0.3 is 0 Å². The molecule has 0 saturated carbocycles. The van der Waals surface area contributed by atoms with Gasteiger partial charge in [-0.3, -0.25) is 0 Å². The van der Waals surface area contributed by atoms with Crippen LogP contribution in [0, 0.1) is 0 Å². The minimum Gasteiger partial charge on any atom is -0.392 e. The summed E-state index contributed by atoms with van der Waals surface area (Å²) < 4.78 is 0. The Morgan fingerprint density at radius 1 is 1.36 bits per heavy atom. The van der Waals surface area contributed by atoms with Crippen LogP contribution in [-0.4, -0.2) is 55.4 Å². The first-order valence-electron chi connectivity index (χ1n) is 5.51. The van der Waals surface area contributed by atoms with Crippen LogP contribution in [0.2, 0.25) is 0 Å². The van der Waals surface area contributed by atoms with Crippen molar-refractivity contribution in [3.63, 3.8) is 0 Å². The fourth-order valence-electron chi connectivity index (χ4n) is 1.38. The Kier molecular flexibility index (Phi) is 9.29. The molecule has 4 N–H and O–H groups in total. The lowest BCUT2D eigenvalue weighted by atomic mass is 10.3. The van der Waals surface area contributed by atoms with Crippen LogP contribution in [0.15, 0.2) is 0 Å². The molecule has 0 aliphatic heterocycles. The molecule has 0 radical (unpaired) electrons. The Hall–Kier alpha value is -0.160. The smallest absolute Gasteiger partial charge is 0.0636 e. The third kappa shape index (κ3) is 8.44. The summed E-state index contributed by atoms with van der Waals surface area (Å²) in [6.07, 6.45) is 0.903. The number of aliphatic hydroxyl groups is 1. The van der Waals surface area contributed by atoms with Crippen molar-refractivity contribution in [1.82, 2.24) is 10.2 Å². The van der Waals surface area contributed by atoms with Crippen LogP contribution in [0.4, 0.5) is 0 Å². The van der Waals surface area contributed by atoms with Gasteiger partial charge in [-0.2, -0.15) is 0 Å². The second kappa shape index (κ2) is 9.40. The predicted molar refractivity (Wildman–Crippen MR) is 60.3 cm³/mol. The van der Waals surface area contributed by atoms with E-state index in [1.54, 1.807) is 6.92 Å². The average molecular weight is 203 g/mol. The SMILES string of the molecule is CCCN(CCN)CCNCC(C)O. The highest BCUT2D eigenvalue weighted by Crippen LogP contribution is 1.88.